The van der Waals surface area contributed by atoms with Crippen LogP contribution in [0, 0.1) is 0 Å². The first-order valence-corrected chi connectivity index (χ1v) is 14.4. The summed E-state index contributed by atoms with van der Waals surface area (Å²) in [5.74, 6) is 0.122. The standard InChI is InChI=1S/C33H37ClN2O6/c1-32(2,3)42-28(38)17-18-33(31(39)35-22-23-9-7-12-26(34)21-23)29(24-10-5-4-6-11-24)41-30(36-33)25-13-15-27(16-14-25)40-20-8-19-37/h4-7,9-16,21,29,37H,8,17-20,22H2,1-3H3,(H,35,39)/t29-,33-/m1/s1. The number of hydrogen-bond acceptors (Lipinski definition) is 7. The van der Waals surface area contributed by atoms with Gasteiger partial charge in [-0.05, 0) is 74.7 Å². The molecule has 0 saturated carbocycles. The summed E-state index contributed by atoms with van der Waals surface area (Å²) in [6, 6.07) is 23.8. The first-order chi connectivity index (χ1) is 20.1. The summed E-state index contributed by atoms with van der Waals surface area (Å²) in [5.41, 5.74) is 0.117. The van der Waals surface area contributed by atoms with E-state index in [9.17, 15) is 9.59 Å². The predicted molar refractivity (Wildman–Crippen MR) is 162 cm³/mol. The van der Waals surface area contributed by atoms with E-state index in [1.807, 2.05) is 54.6 Å². The van der Waals surface area contributed by atoms with Gasteiger partial charge in [0.1, 0.15) is 11.4 Å². The zero-order chi connectivity index (χ0) is 30.2. The van der Waals surface area contributed by atoms with Crippen LogP contribution in [-0.4, -0.2) is 47.2 Å². The van der Waals surface area contributed by atoms with Gasteiger partial charge in [-0.2, -0.15) is 0 Å². The normalized spacial score (nSPS) is 18.1. The maximum Gasteiger partial charge on any atom is 0.306 e. The van der Waals surface area contributed by atoms with Gasteiger partial charge >= 0.3 is 5.97 Å². The lowest BCUT2D eigenvalue weighted by molar-refractivity contribution is -0.155. The predicted octanol–water partition coefficient (Wildman–Crippen LogP) is 5.80. The number of rotatable bonds is 12. The number of esters is 1. The highest BCUT2D eigenvalue weighted by Gasteiger charge is 2.53. The molecule has 222 valence electrons. The Kier molecular flexibility index (Phi) is 10.2. The molecular weight excluding hydrogens is 556 g/mol. The van der Waals surface area contributed by atoms with Gasteiger partial charge in [0, 0.05) is 36.6 Å². The molecule has 0 saturated heterocycles. The van der Waals surface area contributed by atoms with E-state index in [-0.39, 0.29) is 37.8 Å². The second-order valence-electron chi connectivity index (χ2n) is 11.1. The van der Waals surface area contributed by atoms with Crippen LogP contribution in [0.4, 0.5) is 0 Å². The number of benzene rings is 3. The van der Waals surface area contributed by atoms with Gasteiger partial charge in [-0.3, -0.25) is 9.59 Å². The van der Waals surface area contributed by atoms with Crippen LogP contribution in [-0.2, 0) is 25.6 Å². The van der Waals surface area contributed by atoms with Gasteiger partial charge in [-0.25, -0.2) is 4.99 Å². The summed E-state index contributed by atoms with van der Waals surface area (Å²) in [6.45, 7) is 6.07. The van der Waals surface area contributed by atoms with Gasteiger partial charge in [0.05, 0.1) is 6.61 Å². The Hall–Kier alpha value is -3.88. The third-order valence-electron chi connectivity index (χ3n) is 6.60. The topological polar surface area (TPSA) is 106 Å². The van der Waals surface area contributed by atoms with E-state index in [1.54, 1.807) is 45.0 Å². The number of amides is 1. The molecule has 8 nitrogen and oxygen atoms in total. The highest BCUT2D eigenvalue weighted by atomic mass is 35.5. The lowest BCUT2D eigenvalue weighted by atomic mass is 9.83. The number of aliphatic imine (C=N–C) groups is 1. The molecular formula is C33H37ClN2O6. The molecule has 0 fully saturated rings. The summed E-state index contributed by atoms with van der Waals surface area (Å²) in [4.78, 5) is 31.9. The van der Waals surface area contributed by atoms with E-state index in [0.717, 1.165) is 11.1 Å². The molecule has 2 atom stereocenters. The molecule has 4 rings (SSSR count). The van der Waals surface area contributed by atoms with Gasteiger partial charge < -0.3 is 24.6 Å². The molecule has 0 radical (unpaired) electrons. The highest BCUT2D eigenvalue weighted by Crippen LogP contribution is 2.43. The maximum absolute atomic E-state index is 14.2. The smallest absolute Gasteiger partial charge is 0.306 e. The number of nitrogens with one attached hydrogen (secondary N) is 1. The van der Waals surface area contributed by atoms with Crippen LogP contribution in [0.3, 0.4) is 0 Å². The van der Waals surface area contributed by atoms with Crippen molar-refractivity contribution in [3.8, 4) is 5.75 Å². The summed E-state index contributed by atoms with van der Waals surface area (Å²) in [7, 11) is 0. The Bertz CT molecular complexity index is 1390. The van der Waals surface area contributed by atoms with Crippen molar-refractivity contribution in [2.75, 3.05) is 13.2 Å². The van der Waals surface area contributed by atoms with Crippen molar-refractivity contribution in [2.45, 2.75) is 63.8 Å². The number of carbonyl (C=O) groups excluding carboxylic acids is 2. The highest BCUT2D eigenvalue weighted by molar-refractivity contribution is 6.30. The monoisotopic (exact) mass is 592 g/mol. The average molecular weight is 593 g/mol. The number of aliphatic hydroxyl groups excluding tert-OH is 1. The minimum Gasteiger partial charge on any atom is -0.494 e. The summed E-state index contributed by atoms with van der Waals surface area (Å²) >= 11 is 6.16. The second kappa shape index (κ2) is 13.9. The minimum atomic E-state index is -1.46. The molecule has 1 aliphatic heterocycles. The lowest BCUT2D eigenvalue weighted by Crippen LogP contribution is -2.48. The molecule has 0 aromatic heterocycles. The molecule has 3 aromatic carbocycles. The van der Waals surface area contributed by atoms with Crippen LogP contribution in [0.2, 0.25) is 5.02 Å². The fraction of sp³-hybridized carbons (Fsp3) is 0.364. The molecule has 0 unspecified atom stereocenters. The van der Waals surface area contributed by atoms with E-state index in [1.165, 1.54) is 0 Å². The molecule has 42 heavy (non-hydrogen) atoms. The van der Waals surface area contributed by atoms with Crippen LogP contribution < -0.4 is 10.1 Å². The van der Waals surface area contributed by atoms with Crippen LogP contribution >= 0.6 is 11.6 Å². The van der Waals surface area contributed by atoms with Gasteiger partial charge in [0.15, 0.2) is 11.6 Å². The molecule has 1 heterocycles. The summed E-state index contributed by atoms with van der Waals surface area (Å²) < 4.78 is 17.7. The summed E-state index contributed by atoms with van der Waals surface area (Å²) in [6.07, 6.45) is -0.241. The molecule has 1 amide bonds. The zero-order valence-corrected chi connectivity index (χ0v) is 24.9. The number of halogens is 1. The fourth-order valence-corrected chi connectivity index (χ4v) is 4.88. The lowest BCUT2D eigenvalue weighted by Gasteiger charge is -2.31. The van der Waals surface area contributed by atoms with Crippen molar-refractivity contribution in [1.29, 1.82) is 0 Å². The van der Waals surface area contributed by atoms with Crippen molar-refractivity contribution < 1.29 is 28.9 Å². The van der Waals surface area contributed by atoms with Crippen LogP contribution in [0.15, 0.2) is 83.9 Å². The van der Waals surface area contributed by atoms with E-state index < -0.39 is 23.2 Å². The third-order valence-corrected chi connectivity index (χ3v) is 6.84. The molecule has 0 aliphatic carbocycles. The van der Waals surface area contributed by atoms with E-state index in [2.05, 4.69) is 5.32 Å². The molecule has 0 spiro atoms. The Morgan fingerprint density at radius 3 is 2.45 bits per heavy atom. The molecule has 2 N–H and O–H groups in total. The molecule has 9 heteroatoms. The van der Waals surface area contributed by atoms with Crippen molar-refractivity contribution >= 4 is 29.4 Å². The van der Waals surface area contributed by atoms with Gasteiger partial charge in [-0.15, -0.1) is 0 Å². The second-order valence-corrected chi connectivity index (χ2v) is 11.5. The SMILES string of the molecule is CC(C)(C)OC(=O)CC[C@@]1(C(=O)NCc2cccc(Cl)c2)N=C(c2ccc(OCCCO)cc2)O[C@@H]1c1ccccc1. The minimum absolute atomic E-state index is 0.0387. The quantitative estimate of drug-likeness (QED) is 0.203. The fourth-order valence-electron chi connectivity index (χ4n) is 4.67. The van der Waals surface area contributed by atoms with Crippen molar-refractivity contribution in [2.24, 2.45) is 4.99 Å². The van der Waals surface area contributed by atoms with Gasteiger partial charge in [-0.1, -0.05) is 54.1 Å². The maximum atomic E-state index is 14.2. The van der Waals surface area contributed by atoms with Gasteiger partial charge in [0.25, 0.3) is 5.91 Å². The average Bonchev–Trinajstić information content (AvgIpc) is 3.36. The number of nitrogens with zero attached hydrogens (tertiary/aromatic N) is 1. The third kappa shape index (κ3) is 8.11. The number of aliphatic hydroxyl groups is 1. The number of ether oxygens (including phenoxy) is 3. The van der Waals surface area contributed by atoms with Crippen molar-refractivity contribution in [3.05, 3.63) is 101 Å². The van der Waals surface area contributed by atoms with E-state index in [0.29, 0.717) is 29.4 Å². The van der Waals surface area contributed by atoms with Crippen molar-refractivity contribution in [3.63, 3.8) is 0 Å². The molecule has 0 bridgehead atoms. The van der Waals surface area contributed by atoms with Gasteiger partial charge in [0.2, 0.25) is 5.90 Å². The van der Waals surface area contributed by atoms with E-state index in [4.69, 9.17) is 35.9 Å². The Morgan fingerprint density at radius 1 is 1.05 bits per heavy atom. The van der Waals surface area contributed by atoms with Crippen molar-refractivity contribution in [1.82, 2.24) is 5.32 Å². The Labute approximate surface area is 251 Å². The van der Waals surface area contributed by atoms with Crippen LogP contribution in [0.1, 0.15) is 62.8 Å². The Morgan fingerprint density at radius 2 is 1.79 bits per heavy atom. The molecule has 3 aromatic rings. The molecule has 1 aliphatic rings. The van der Waals surface area contributed by atoms with E-state index >= 15 is 0 Å². The first kappa shape index (κ1) is 31.1. The largest absolute Gasteiger partial charge is 0.494 e. The first-order valence-electron chi connectivity index (χ1n) is 14.0. The zero-order valence-electron chi connectivity index (χ0n) is 24.1. The Balaban J connectivity index is 1.69. The van der Waals surface area contributed by atoms with Crippen LogP contribution in [0.5, 0.6) is 5.75 Å². The number of carbonyl (C=O) groups is 2. The van der Waals surface area contributed by atoms with Crippen LogP contribution in [0.25, 0.3) is 0 Å². The number of hydrogen-bond donors (Lipinski definition) is 2. The summed E-state index contributed by atoms with van der Waals surface area (Å²) in [5, 5.41) is 12.6.